The monoisotopic (exact) mass is 521 g/mol. The highest BCUT2D eigenvalue weighted by Crippen LogP contribution is 2.34. The first-order valence-corrected chi connectivity index (χ1v) is 13.0. The number of hydrogen-bond donors (Lipinski definition) is 2. The number of carbonyl (C=O) groups excluding carboxylic acids is 1. The van der Waals surface area contributed by atoms with Gasteiger partial charge in [0, 0.05) is 42.6 Å². The maximum atomic E-state index is 15.1. The molecular weight excluding hydrogens is 492 g/mol. The molecule has 3 N–H and O–H groups in total. The Hall–Kier alpha value is -3.63. The van der Waals surface area contributed by atoms with E-state index in [9.17, 15) is 9.18 Å². The van der Waals surface area contributed by atoms with Gasteiger partial charge in [0.2, 0.25) is 5.95 Å². The molecule has 0 aliphatic carbocycles. The first-order valence-electron chi connectivity index (χ1n) is 13.0. The van der Waals surface area contributed by atoms with Gasteiger partial charge < -0.3 is 20.5 Å². The number of nitrogens with zero attached hydrogens (tertiary/aromatic N) is 3. The van der Waals surface area contributed by atoms with Crippen LogP contribution in [0.1, 0.15) is 40.7 Å². The number of rotatable bonds is 6. The zero-order valence-electron chi connectivity index (χ0n) is 20.9. The molecule has 0 unspecified atom stereocenters. The number of carbonyl (C=O) groups is 1. The molecule has 198 valence electrons. The molecule has 10 heteroatoms. The summed E-state index contributed by atoms with van der Waals surface area (Å²) in [6.07, 6.45) is 3.35. The summed E-state index contributed by atoms with van der Waals surface area (Å²) in [5.74, 6) is -1.31. The number of halogens is 2. The molecular formula is C28H29F2N5O3. The van der Waals surface area contributed by atoms with Crippen LogP contribution in [0.5, 0.6) is 5.75 Å². The number of hydrogen-bond acceptors (Lipinski definition) is 7. The molecule has 1 amide bonds. The second kappa shape index (κ2) is 10.3. The van der Waals surface area contributed by atoms with Crippen molar-refractivity contribution in [1.82, 2.24) is 20.2 Å². The van der Waals surface area contributed by atoms with Crippen LogP contribution >= 0.6 is 0 Å². The van der Waals surface area contributed by atoms with Crippen molar-refractivity contribution in [3.05, 3.63) is 58.8 Å². The smallest absolute Gasteiger partial charge is 0.254 e. The van der Waals surface area contributed by atoms with Crippen molar-refractivity contribution in [1.29, 1.82) is 0 Å². The lowest BCUT2D eigenvalue weighted by Crippen LogP contribution is -2.36. The first-order chi connectivity index (χ1) is 18.5. The van der Waals surface area contributed by atoms with Crippen LogP contribution in [0.4, 0.5) is 14.6 Å². The van der Waals surface area contributed by atoms with Crippen LogP contribution < -0.4 is 15.8 Å². The lowest BCUT2D eigenvalue weighted by atomic mass is 9.96. The first kappa shape index (κ1) is 24.7. The van der Waals surface area contributed by atoms with Gasteiger partial charge in [0.25, 0.3) is 5.91 Å². The summed E-state index contributed by atoms with van der Waals surface area (Å²) in [6.45, 7) is 4.44. The van der Waals surface area contributed by atoms with E-state index in [4.69, 9.17) is 15.2 Å². The highest BCUT2D eigenvalue weighted by atomic mass is 19.1. The molecule has 0 atom stereocenters. The molecule has 2 saturated heterocycles. The van der Waals surface area contributed by atoms with Gasteiger partial charge >= 0.3 is 0 Å². The van der Waals surface area contributed by atoms with E-state index in [-0.39, 0.29) is 28.9 Å². The molecule has 38 heavy (non-hydrogen) atoms. The molecule has 3 aliphatic heterocycles. The third kappa shape index (κ3) is 4.81. The van der Waals surface area contributed by atoms with Crippen molar-refractivity contribution < 1.29 is 23.0 Å². The van der Waals surface area contributed by atoms with Crippen molar-refractivity contribution in [2.75, 3.05) is 38.6 Å². The van der Waals surface area contributed by atoms with Gasteiger partial charge in [-0.15, -0.1) is 0 Å². The number of benzene rings is 2. The average molecular weight is 522 g/mol. The van der Waals surface area contributed by atoms with Crippen LogP contribution in [-0.2, 0) is 17.7 Å². The van der Waals surface area contributed by atoms with Gasteiger partial charge in [0.1, 0.15) is 29.1 Å². The molecule has 6 rings (SSSR count). The fraction of sp³-hybridized carbons (Fsp3) is 0.393. The van der Waals surface area contributed by atoms with Gasteiger partial charge in [-0.05, 0) is 61.8 Å². The number of aromatic nitrogens is 2. The maximum Gasteiger partial charge on any atom is 0.254 e. The minimum absolute atomic E-state index is 0.0182. The second-order valence-corrected chi connectivity index (χ2v) is 9.98. The number of likely N-dealkylation sites (tertiary alicyclic amines) is 1. The summed E-state index contributed by atoms with van der Waals surface area (Å²) in [5, 5.41) is 2.64. The van der Waals surface area contributed by atoms with E-state index in [0.717, 1.165) is 43.7 Å². The standard InChI is InChI=1S/C28H29F2N5O3/c29-21-14-18(12-16-4-7-32-28(36)23(16)21)25-27(31)34-26(30)24(33-25)17-2-3-22(38-20-5-10-37-11-6-20)19(13-17)15-35-8-1-9-35/h2-3,12-14,20H,1,4-11,15H2,(H2,31,34)(H,32,36). The summed E-state index contributed by atoms with van der Waals surface area (Å²) in [6, 6.07) is 8.39. The highest BCUT2D eigenvalue weighted by Gasteiger charge is 2.25. The summed E-state index contributed by atoms with van der Waals surface area (Å²) >= 11 is 0. The molecule has 8 nitrogen and oxygen atoms in total. The third-order valence-electron chi connectivity index (χ3n) is 7.37. The number of ether oxygens (including phenoxy) is 2. The number of fused-ring (bicyclic) bond motifs is 1. The fourth-order valence-electron chi connectivity index (χ4n) is 5.19. The van der Waals surface area contributed by atoms with Crippen molar-refractivity contribution >= 4 is 11.7 Å². The number of nitrogen functional groups attached to an aromatic ring is 1. The lowest BCUT2D eigenvalue weighted by Gasteiger charge is -2.32. The fourth-order valence-corrected chi connectivity index (χ4v) is 5.19. The highest BCUT2D eigenvalue weighted by molar-refractivity contribution is 5.97. The molecule has 3 aliphatic rings. The minimum atomic E-state index is -0.808. The van der Waals surface area contributed by atoms with E-state index in [1.54, 1.807) is 12.1 Å². The lowest BCUT2D eigenvalue weighted by molar-refractivity contribution is 0.0247. The van der Waals surface area contributed by atoms with E-state index < -0.39 is 17.7 Å². The molecule has 4 heterocycles. The van der Waals surface area contributed by atoms with Crippen molar-refractivity contribution in [2.24, 2.45) is 0 Å². The largest absolute Gasteiger partial charge is 0.490 e. The van der Waals surface area contributed by atoms with E-state index in [2.05, 4.69) is 20.2 Å². The van der Waals surface area contributed by atoms with Crippen molar-refractivity contribution in [3.63, 3.8) is 0 Å². The Labute approximate surface area is 219 Å². The Kier molecular flexibility index (Phi) is 6.67. The maximum absolute atomic E-state index is 15.1. The van der Waals surface area contributed by atoms with Gasteiger partial charge in [-0.1, -0.05) is 0 Å². The Morgan fingerprint density at radius 1 is 1.08 bits per heavy atom. The van der Waals surface area contributed by atoms with E-state index in [1.165, 1.54) is 6.07 Å². The second-order valence-electron chi connectivity index (χ2n) is 9.98. The Bertz CT molecular complexity index is 1390. The molecule has 3 aromatic rings. The quantitative estimate of drug-likeness (QED) is 0.510. The molecule has 2 fully saturated rings. The normalized spacial score (nSPS) is 18.0. The van der Waals surface area contributed by atoms with E-state index >= 15 is 4.39 Å². The van der Waals surface area contributed by atoms with Gasteiger partial charge in [0.15, 0.2) is 5.82 Å². The van der Waals surface area contributed by atoms with Crippen LogP contribution in [0.2, 0.25) is 0 Å². The van der Waals surface area contributed by atoms with Crippen LogP contribution in [0.15, 0.2) is 30.3 Å². The van der Waals surface area contributed by atoms with Crippen LogP contribution in [0.25, 0.3) is 22.5 Å². The third-order valence-corrected chi connectivity index (χ3v) is 7.37. The topological polar surface area (TPSA) is 103 Å². The predicted molar refractivity (Wildman–Crippen MR) is 138 cm³/mol. The van der Waals surface area contributed by atoms with Gasteiger partial charge in [-0.2, -0.15) is 9.37 Å². The van der Waals surface area contributed by atoms with Crippen LogP contribution in [-0.4, -0.2) is 59.7 Å². The minimum Gasteiger partial charge on any atom is -0.490 e. The van der Waals surface area contributed by atoms with Gasteiger partial charge in [-0.3, -0.25) is 9.69 Å². The Balaban J connectivity index is 1.38. The SMILES string of the molecule is Nc1nc(F)c(-c2ccc(OC3CCOCC3)c(CN3CCC3)c2)nc1-c1cc(F)c2c(c1)CCNC2=O. The number of anilines is 1. The molecule has 2 aromatic carbocycles. The van der Waals surface area contributed by atoms with E-state index in [1.807, 2.05) is 12.1 Å². The molecule has 1 aromatic heterocycles. The molecule has 0 spiro atoms. The summed E-state index contributed by atoms with van der Waals surface area (Å²) < 4.78 is 41.8. The van der Waals surface area contributed by atoms with Gasteiger partial charge in [-0.25, -0.2) is 9.37 Å². The number of nitrogens with two attached hydrogens (primary N) is 1. The van der Waals surface area contributed by atoms with Crippen LogP contribution in [0, 0.1) is 11.8 Å². The zero-order valence-corrected chi connectivity index (χ0v) is 20.9. The summed E-state index contributed by atoms with van der Waals surface area (Å²) in [4.78, 5) is 22.9. The van der Waals surface area contributed by atoms with Gasteiger partial charge in [0.05, 0.1) is 18.8 Å². The zero-order chi connectivity index (χ0) is 26.2. The molecule has 0 bridgehead atoms. The predicted octanol–water partition coefficient (Wildman–Crippen LogP) is 3.72. The number of amides is 1. The number of nitrogens with one attached hydrogen (secondary N) is 1. The van der Waals surface area contributed by atoms with Crippen molar-refractivity contribution in [3.8, 4) is 28.3 Å². The van der Waals surface area contributed by atoms with Crippen molar-refractivity contribution in [2.45, 2.75) is 38.3 Å². The average Bonchev–Trinajstić information content (AvgIpc) is 2.87. The van der Waals surface area contributed by atoms with E-state index in [0.29, 0.717) is 49.4 Å². The Morgan fingerprint density at radius 2 is 1.89 bits per heavy atom. The van der Waals surface area contributed by atoms with Crippen LogP contribution in [0.3, 0.4) is 0 Å². The molecule has 0 saturated carbocycles. The Morgan fingerprint density at radius 3 is 2.66 bits per heavy atom. The summed E-state index contributed by atoms with van der Waals surface area (Å²) in [5.41, 5.74) is 8.64. The molecule has 0 radical (unpaired) electrons. The summed E-state index contributed by atoms with van der Waals surface area (Å²) in [7, 11) is 0.